The molecule has 0 aliphatic heterocycles. The average molecular weight is 264 g/mol. The Hall–Kier alpha value is -2.49. The minimum absolute atomic E-state index is 0.648. The molecule has 0 fully saturated rings. The van der Waals surface area contributed by atoms with Gasteiger partial charge in [0.25, 0.3) is 0 Å². The lowest BCUT2D eigenvalue weighted by molar-refractivity contribution is 0.996. The molecule has 0 amide bonds. The summed E-state index contributed by atoms with van der Waals surface area (Å²) in [4.78, 5) is 13.6. The molecular weight excluding hydrogens is 248 g/mol. The van der Waals surface area contributed by atoms with Crippen LogP contribution < -0.4 is 5.32 Å². The van der Waals surface area contributed by atoms with Gasteiger partial charge < -0.3 is 5.32 Å². The molecule has 0 atom stereocenters. The SMILES string of the molecule is Cc1cccc(CNc2nc3ccccc3nc2C)n1. The minimum Gasteiger partial charge on any atom is -0.363 e. The Labute approximate surface area is 117 Å². The Bertz CT molecular complexity index is 752. The van der Waals surface area contributed by atoms with Crippen molar-refractivity contribution in [3.05, 3.63) is 59.5 Å². The molecule has 2 heterocycles. The molecule has 100 valence electrons. The first-order chi connectivity index (χ1) is 9.72. The van der Waals surface area contributed by atoms with Crippen LogP contribution in [0, 0.1) is 13.8 Å². The van der Waals surface area contributed by atoms with Crippen LogP contribution in [0.2, 0.25) is 0 Å². The molecule has 0 spiro atoms. The summed E-state index contributed by atoms with van der Waals surface area (Å²) >= 11 is 0. The van der Waals surface area contributed by atoms with E-state index >= 15 is 0 Å². The molecule has 3 aromatic rings. The topological polar surface area (TPSA) is 50.7 Å². The third kappa shape index (κ3) is 2.59. The van der Waals surface area contributed by atoms with Crippen molar-refractivity contribution < 1.29 is 0 Å². The molecule has 0 radical (unpaired) electrons. The van der Waals surface area contributed by atoms with Crippen LogP contribution in [-0.2, 0) is 6.54 Å². The summed E-state index contributed by atoms with van der Waals surface area (Å²) in [6.45, 7) is 4.60. The second-order valence-electron chi connectivity index (χ2n) is 4.77. The number of benzene rings is 1. The van der Waals surface area contributed by atoms with Crippen molar-refractivity contribution in [2.45, 2.75) is 20.4 Å². The Morgan fingerprint density at radius 1 is 0.850 bits per heavy atom. The second-order valence-corrected chi connectivity index (χ2v) is 4.77. The molecule has 0 saturated carbocycles. The lowest BCUT2D eigenvalue weighted by atomic mass is 10.3. The van der Waals surface area contributed by atoms with Gasteiger partial charge in [0.15, 0.2) is 0 Å². The van der Waals surface area contributed by atoms with E-state index < -0.39 is 0 Å². The Kier molecular flexibility index (Phi) is 3.29. The number of nitrogens with one attached hydrogen (secondary N) is 1. The summed E-state index contributed by atoms with van der Waals surface area (Å²) in [6, 6.07) is 13.9. The molecule has 0 aliphatic rings. The highest BCUT2D eigenvalue weighted by Crippen LogP contribution is 2.16. The number of aromatic nitrogens is 3. The lowest BCUT2D eigenvalue weighted by Crippen LogP contribution is -2.06. The average Bonchev–Trinajstić information content (AvgIpc) is 2.45. The van der Waals surface area contributed by atoms with Crippen molar-refractivity contribution in [1.29, 1.82) is 0 Å². The fourth-order valence-corrected chi connectivity index (χ4v) is 2.13. The van der Waals surface area contributed by atoms with Crippen molar-refractivity contribution in [3.63, 3.8) is 0 Å². The van der Waals surface area contributed by atoms with Gasteiger partial charge in [-0.05, 0) is 38.1 Å². The van der Waals surface area contributed by atoms with Crippen molar-refractivity contribution in [1.82, 2.24) is 15.0 Å². The summed E-state index contributed by atoms with van der Waals surface area (Å²) in [5.41, 5.74) is 4.74. The standard InChI is InChI=1S/C16H16N4/c1-11-6-5-7-13(18-11)10-17-16-12(2)19-14-8-3-4-9-15(14)20-16/h3-9H,10H2,1-2H3,(H,17,20). The van der Waals surface area contributed by atoms with Crippen LogP contribution in [0.25, 0.3) is 11.0 Å². The molecule has 0 bridgehead atoms. The van der Waals surface area contributed by atoms with E-state index in [-0.39, 0.29) is 0 Å². The third-order valence-corrected chi connectivity index (χ3v) is 3.13. The second kappa shape index (κ2) is 5.25. The molecule has 4 nitrogen and oxygen atoms in total. The van der Waals surface area contributed by atoms with E-state index in [0.29, 0.717) is 6.54 Å². The molecule has 2 aromatic heterocycles. The molecule has 4 heteroatoms. The predicted octanol–water partition coefficient (Wildman–Crippen LogP) is 3.25. The van der Waals surface area contributed by atoms with Crippen molar-refractivity contribution in [2.24, 2.45) is 0 Å². The number of nitrogens with zero attached hydrogens (tertiary/aromatic N) is 3. The summed E-state index contributed by atoms with van der Waals surface area (Å²) in [6.07, 6.45) is 0. The van der Waals surface area contributed by atoms with Gasteiger partial charge in [-0.2, -0.15) is 0 Å². The van der Waals surface area contributed by atoms with Gasteiger partial charge in [0, 0.05) is 5.69 Å². The number of aryl methyl sites for hydroxylation is 2. The minimum atomic E-state index is 0.648. The van der Waals surface area contributed by atoms with E-state index in [1.807, 2.05) is 56.3 Å². The van der Waals surface area contributed by atoms with E-state index in [1.54, 1.807) is 0 Å². The highest BCUT2D eigenvalue weighted by Gasteiger charge is 2.04. The van der Waals surface area contributed by atoms with E-state index in [9.17, 15) is 0 Å². The van der Waals surface area contributed by atoms with E-state index in [1.165, 1.54) is 0 Å². The van der Waals surface area contributed by atoms with Crippen LogP contribution in [-0.4, -0.2) is 15.0 Å². The Morgan fingerprint density at radius 3 is 2.35 bits per heavy atom. The molecule has 0 saturated heterocycles. The van der Waals surface area contributed by atoms with Crippen molar-refractivity contribution in [3.8, 4) is 0 Å². The van der Waals surface area contributed by atoms with Crippen LogP contribution in [0.4, 0.5) is 5.82 Å². The van der Waals surface area contributed by atoms with E-state index in [2.05, 4.69) is 20.3 Å². The van der Waals surface area contributed by atoms with Crippen LogP contribution in [0.5, 0.6) is 0 Å². The molecule has 3 rings (SSSR count). The molecule has 0 aliphatic carbocycles. The Balaban J connectivity index is 1.85. The van der Waals surface area contributed by atoms with Gasteiger partial charge in [-0.3, -0.25) is 4.98 Å². The normalized spacial score (nSPS) is 10.7. The first kappa shape index (κ1) is 12.5. The van der Waals surface area contributed by atoms with Gasteiger partial charge >= 0.3 is 0 Å². The number of para-hydroxylation sites is 2. The predicted molar refractivity (Wildman–Crippen MR) is 80.6 cm³/mol. The largest absolute Gasteiger partial charge is 0.363 e. The lowest BCUT2D eigenvalue weighted by Gasteiger charge is -2.09. The van der Waals surface area contributed by atoms with Gasteiger partial charge in [-0.25, -0.2) is 9.97 Å². The fraction of sp³-hybridized carbons (Fsp3) is 0.188. The zero-order valence-corrected chi connectivity index (χ0v) is 11.6. The third-order valence-electron chi connectivity index (χ3n) is 3.13. The van der Waals surface area contributed by atoms with Crippen molar-refractivity contribution >= 4 is 16.9 Å². The number of fused-ring (bicyclic) bond motifs is 1. The molecular formula is C16H16N4. The first-order valence-electron chi connectivity index (χ1n) is 6.62. The molecule has 1 aromatic carbocycles. The van der Waals surface area contributed by atoms with E-state index in [0.717, 1.165) is 33.9 Å². The van der Waals surface area contributed by atoms with Gasteiger partial charge in [-0.1, -0.05) is 18.2 Å². The van der Waals surface area contributed by atoms with Crippen LogP contribution in [0.15, 0.2) is 42.5 Å². The summed E-state index contributed by atoms with van der Waals surface area (Å²) in [7, 11) is 0. The fourth-order valence-electron chi connectivity index (χ4n) is 2.13. The number of hydrogen-bond acceptors (Lipinski definition) is 4. The van der Waals surface area contributed by atoms with Gasteiger partial charge in [0.2, 0.25) is 0 Å². The number of pyridine rings is 1. The Morgan fingerprint density at radius 2 is 1.60 bits per heavy atom. The molecule has 1 N–H and O–H groups in total. The van der Waals surface area contributed by atoms with Gasteiger partial charge in [-0.15, -0.1) is 0 Å². The maximum atomic E-state index is 4.61. The zero-order valence-electron chi connectivity index (χ0n) is 11.6. The van der Waals surface area contributed by atoms with Crippen LogP contribution in [0.3, 0.4) is 0 Å². The van der Waals surface area contributed by atoms with E-state index in [4.69, 9.17) is 0 Å². The monoisotopic (exact) mass is 264 g/mol. The van der Waals surface area contributed by atoms with Crippen LogP contribution in [0.1, 0.15) is 17.1 Å². The zero-order chi connectivity index (χ0) is 13.9. The maximum Gasteiger partial charge on any atom is 0.148 e. The molecule has 0 unspecified atom stereocenters. The number of anilines is 1. The van der Waals surface area contributed by atoms with Crippen LogP contribution >= 0.6 is 0 Å². The smallest absolute Gasteiger partial charge is 0.148 e. The summed E-state index contributed by atoms with van der Waals surface area (Å²) < 4.78 is 0. The number of hydrogen-bond donors (Lipinski definition) is 1. The number of rotatable bonds is 3. The van der Waals surface area contributed by atoms with Crippen molar-refractivity contribution in [2.75, 3.05) is 5.32 Å². The summed E-state index contributed by atoms with van der Waals surface area (Å²) in [5.74, 6) is 0.812. The molecule has 20 heavy (non-hydrogen) atoms. The quantitative estimate of drug-likeness (QED) is 0.789. The maximum absolute atomic E-state index is 4.61. The summed E-state index contributed by atoms with van der Waals surface area (Å²) in [5, 5.41) is 3.31. The highest BCUT2D eigenvalue weighted by molar-refractivity contribution is 5.76. The highest BCUT2D eigenvalue weighted by atomic mass is 15.0. The van der Waals surface area contributed by atoms with Gasteiger partial charge in [0.1, 0.15) is 5.82 Å². The van der Waals surface area contributed by atoms with Gasteiger partial charge in [0.05, 0.1) is 29.0 Å². The first-order valence-corrected chi connectivity index (χ1v) is 6.62.